The van der Waals surface area contributed by atoms with Crippen molar-refractivity contribution in [3.05, 3.63) is 18.0 Å². The maximum Gasteiger partial charge on any atom is 0.328 e. The van der Waals surface area contributed by atoms with Gasteiger partial charge in [0.15, 0.2) is 6.73 Å². The Balaban J connectivity index is 2.22. The number of hydrogen-bond acceptors (Lipinski definition) is 5. The molecular formula is C8H10N4O3. The monoisotopic (exact) mass is 210 g/mol. The fourth-order valence-electron chi connectivity index (χ4n) is 1.15. The van der Waals surface area contributed by atoms with E-state index in [9.17, 15) is 4.79 Å². The summed E-state index contributed by atoms with van der Waals surface area (Å²) >= 11 is 0. The lowest BCUT2D eigenvalue weighted by Crippen LogP contribution is -2.41. The summed E-state index contributed by atoms with van der Waals surface area (Å²) in [5, 5.41) is 7.27. The second kappa shape index (κ2) is 3.60. The van der Waals surface area contributed by atoms with E-state index >= 15 is 0 Å². The van der Waals surface area contributed by atoms with Crippen LogP contribution in [0.2, 0.25) is 0 Å². The summed E-state index contributed by atoms with van der Waals surface area (Å²) in [5.41, 5.74) is 0. The van der Waals surface area contributed by atoms with Gasteiger partial charge in [0.05, 0.1) is 6.20 Å². The third kappa shape index (κ3) is 1.63. The van der Waals surface area contributed by atoms with Crippen LogP contribution in [0.15, 0.2) is 21.9 Å². The third-order valence-electron chi connectivity index (χ3n) is 1.87. The quantitative estimate of drug-likeness (QED) is 0.668. The number of amides is 2. The topological polar surface area (TPSA) is 71.2 Å². The predicted molar refractivity (Wildman–Crippen MR) is 49.9 cm³/mol. The average Bonchev–Trinajstić information content (AvgIpc) is 2.86. The van der Waals surface area contributed by atoms with Crippen LogP contribution in [-0.4, -0.2) is 47.6 Å². The summed E-state index contributed by atoms with van der Waals surface area (Å²) in [4.78, 5) is 19.3. The SMILES string of the molecule is CN(C)C(=O)N1CON=C1c1ccno1. The van der Waals surface area contributed by atoms with Gasteiger partial charge in [0, 0.05) is 20.2 Å². The van der Waals surface area contributed by atoms with E-state index in [-0.39, 0.29) is 12.8 Å². The van der Waals surface area contributed by atoms with Gasteiger partial charge in [-0.25, -0.2) is 9.69 Å². The van der Waals surface area contributed by atoms with E-state index < -0.39 is 0 Å². The van der Waals surface area contributed by atoms with Crippen LogP contribution < -0.4 is 0 Å². The molecule has 2 rings (SSSR count). The lowest BCUT2D eigenvalue weighted by Gasteiger charge is -2.18. The molecule has 0 aliphatic carbocycles. The van der Waals surface area contributed by atoms with Crippen molar-refractivity contribution in [3.63, 3.8) is 0 Å². The van der Waals surface area contributed by atoms with Crippen LogP contribution in [0.1, 0.15) is 5.76 Å². The molecule has 2 heterocycles. The van der Waals surface area contributed by atoms with E-state index in [1.807, 2.05) is 0 Å². The molecular weight excluding hydrogens is 200 g/mol. The maximum atomic E-state index is 11.7. The summed E-state index contributed by atoms with van der Waals surface area (Å²) < 4.78 is 4.90. The van der Waals surface area contributed by atoms with Crippen LogP contribution in [0.3, 0.4) is 0 Å². The van der Waals surface area contributed by atoms with Crippen molar-refractivity contribution < 1.29 is 14.2 Å². The molecule has 0 saturated heterocycles. The lowest BCUT2D eigenvalue weighted by atomic mass is 10.4. The summed E-state index contributed by atoms with van der Waals surface area (Å²) in [6.45, 7) is 0.0903. The Morgan fingerprint density at radius 3 is 3.00 bits per heavy atom. The smallest absolute Gasteiger partial charge is 0.328 e. The largest absolute Gasteiger partial charge is 0.371 e. The summed E-state index contributed by atoms with van der Waals surface area (Å²) in [5.74, 6) is 0.744. The van der Waals surface area contributed by atoms with Crippen LogP contribution in [0, 0.1) is 0 Å². The number of carbonyl (C=O) groups is 1. The number of carbonyl (C=O) groups excluding carboxylic acids is 1. The molecule has 0 radical (unpaired) electrons. The Morgan fingerprint density at radius 2 is 2.40 bits per heavy atom. The fraction of sp³-hybridized carbons (Fsp3) is 0.375. The highest BCUT2D eigenvalue weighted by Crippen LogP contribution is 2.12. The van der Waals surface area contributed by atoms with Gasteiger partial charge in [0.1, 0.15) is 0 Å². The first-order chi connectivity index (χ1) is 7.20. The van der Waals surface area contributed by atoms with Crippen molar-refractivity contribution >= 4 is 11.9 Å². The highest BCUT2D eigenvalue weighted by Gasteiger charge is 2.30. The molecule has 80 valence electrons. The van der Waals surface area contributed by atoms with Crippen molar-refractivity contribution in [1.29, 1.82) is 0 Å². The van der Waals surface area contributed by atoms with Gasteiger partial charge in [-0.3, -0.25) is 0 Å². The van der Waals surface area contributed by atoms with E-state index in [2.05, 4.69) is 10.3 Å². The van der Waals surface area contributed by atoms with Gasteiger partial charge < -0.3 is 14.3 Å². The molecule has 0 atom stereocenters. The first-order valence-corrected chi connectivity index (χ1v) is 4.30. The van der Waals surface area contributed by atoms with E-state index in [1.165, 1.54) is 16.0 Å². The number of amidine groups is 1. The minimum atomic E-state index is -0.220. The third-order valence-corrected chi connectivity index (χ3v) is 1.87. The number of urea groups is 1. The molecule has 15 heavy (non-hydrogen) atoms. The number of oxime groups is 1. The highest BCUT2D eigenvalue weighted by atomic mass is 16.7. The Morgan fingerprint density at radius 1 is 1.60 bits per heavy atom. The lowest BCUT2D eigenvalue weighted by molar-refractivity contribution is 0.108. The van der Waals surface area contributed by atoms with Crippen LogP contribution in [-0.2, 0) is 4.84 Å². The van der Waals surface area contributed by atoms with Gasteiger partial charge >= 0.3 is 6.03 Å². The number of nitrogens with zero attached hydrogens (tertiary/aromatic N) is 4. The maximum absolute atomic E-state index is 11.7. The summed E-state index contributed by atoms with van der Waals surface area (Å²) in [6, 6.07) is 1.39. The molecule has 2 amide bonds. The van der Waals surface area contributed by atoms with Crippen LogP contribution in [0.4, 0.5) is 4.79 Å². The van der Waals surface area contributed by atoms with Crippen LogP contribution in [0.5, 0.6) is 0 Å². The molecule has 0 spiro atoms. The molecule has 0 fully saturated rings. The first-order valence-electron chi connectivity index (χ1n) is 4.30. The molecule has 0 saturated carbocycles. The van der Waals surface area contributed by atoms with E-state index in [0.717, 1.165) is 0 Å². The fourth-order valence-corrected chi connectivity index (χ4v) is 1.15. The zero-order chi connectivity index (χ0) is 10.8. The molecule has 0 aromatic carbocycles. The average molecular weight is 210 g/mol. The molecule has 1 aliphatic heterocycles. The molecule has 0 bridgehead atoms. The van der Waals surface area contributed by atoms with Crippen molar-refractivity contribution in [2.75, 3.05) is 20.8 Å². The molecule has 1 aliphatic rings. The second-order valence-corrected chi connectivity index (χ2v) is 3.15. The van der Waals surface area contributed by atoms with Gasteiger partial charge in [-0.2, -0.15) is 0 Å². The normalized spacial score (nSPS) is 14.8. The highest BCUT2D eigenvalue weighted by molar-refractivity contribution is 6.05. The molecule has 7 heteroatoms. The zero-order valence-corrected chi connectivity index (χ0v) is 8.38. The standard InChI is InChI=1S/C8H10N4O3/c1-11(2)8(13)12-5-14-10-7(12)6-3-4-9-15-6/h3-4H,5H2,1-2H3. The predicted octanol–water partition coefficient (Wildman–Crippen LogP) is 0.308. The van der Waals surface area contributed by atoms with Gasteiger partial charge in [-0.1, -0.05) is 10.3 Å². The minimum absolute atomic E-state index is 0.0903. The second-order valence-electron chi connectivity index (χ2n) is 3.15. The number of aromatic nitrogens is 1. The number of rotatable bonds is 1. The molecule has 7 nitrogen and oxygen atoms in total. The molecule has 1 aromatic heterocycles. The molecule has 0 unspecified atom stereocenters. The van der Waals surface area contributed by atoms with Crippen molar-refractivity contribution in [2.24, 2.45) is 5.16 Å². The Kier molecular flexibility index (Phi) is 2.28. The first kappa shape index (κ1) is 9.50. The van der Waals surface area contributed by atoms with Crippen molar-refractivity contribution in [1.82, 2.24) is 15.0 Å². The van der Waals surface area contributed by atoms with Gasteiger partial charge in [0.2, 0.25) is 11.6 Å². The van der Waals surface area contributed by atoms with Crippen LogP contribution in [0.25, 0.3) is 0 Å². The van der Waals surface area contributed by atoms with E-state index in [4.69, 9.17) is 9.36 Å². The summed E-state index contributed by atoms with van der Waals surface area (Å²) in [7, 11) is 3.30. The Labute approximate surface area is 85.9 Å². The Bertz CT molecular complexity index is 385. The van der Waals surface area contributed by atoms with E-state index in [0.29, 0.717) is 11.6 Å². The minimum Gasteiger partial charge on any atom is -0.371 e. The van der Waals surface area contributed by atoms with Crippen molar-refractivity contribution in [3.8, 4) is 0 Å². The Hall–Kier alpha value is -2.05. The molecule has 1 aromatic rings. The van der Waals surface area contributed by atoms with Gasteiger partial charge in [-0.15, -0.1) is 0 Å². The number of hydrogen-bond donors (Lipinski definition) is 0. The summed E-state index contributed by atoms with van der Waals surface area (Å²) in [6.07, 6.45) is 1.48. The van der Waals surface area contributed by atoms with Gasteiger partial charge in [-0.05, 0) is 0 Å². The van der Waals surface area contributed by atoms with Crippen molar-refractivity contribution in [2.45, 2.75) is 0 Å². The van der Waals surface area contributed by atoms with E-state index in [1.54, 1.807) is 20.2 Å². The van der Waals surface area contributed by atoms with Crippen LogP contribution >= 0.6 is 0 Å². The zero-order valence-electron chi connectivity index (χ0n) is 8.38. The van der Waals surface area contributed by atoms with Gasteiger partial charge in [0.25, 0.3) is 0 Å². The molecule has 0 N–H and O–H groups in total.